The number of methoxy groups -OCH3 is 1. The third kappa shape index (κ3) is 3.54. The first-order valence-corrected chi connectivity index (χ1v) is 8.63. The Morgan fingerprint density at radius 2 is 2.39 bits per heavy atom. The number of fused-ring (bicyclic) bond motifs is 1. The van der Waals surface area contributed by atoms with Crippen molar-refractivity contribution in [2.75, 3.05) is 20.2 Å². The fraction of sp³-hybridized carbons (Fsp3) is 0.412. The van der Waals surface area contributed by atoms with Crippen LogP contribution >= 0.6 is 11.3 Å². The van der Waals surface area contributed by atoms with Gasteiger partial charge in [-0.3, -0.25) is 9.69 Å². The van der Waals surface area contributed by atoms with Crippen LogP contribution in [0.25, 0.3) is 0 Å². The van der Waals surface area contributed by atoms with Crippen molar-refractivity contribution in [2.45, 2.75) is 25.9 Å². The van der Waals surface area contributed by atoms with E-state index in [4.69, 9.17) is 4.74 Å². The second kappa shape index (κ2) is 7.10. The van der Waals surface area contributed by atoms with Crippen molar-refractivity contribution in [3.63, 3.8) is 0 Å². The minimum absolute atomic E-state index is 0.143. The molecule has 0 aliphatic carbocycles. The van der Waals surface area contributed by atoms with Crippen molar-refractivity contribution in [3.8, 4) is 5.88 Å². The lowest BCUT2D eigenvalue weighted by Gasteiger charge is -2.32. The van der Waals surface area contributed by atoms with E-state index in [1.165, 1.54) is 17.6 Å². The number of ether oxygens (including phenoxy) is 1. The van der Waals surface area contributed by atoms with Gasteiger partial charge in [0.05, 0.1) is 7.11 Å². The van der Waals surface area contributed by atoms with Gasteiger partial charge in [-0.25, -0.2) is 4.98 Å². The topological polar surface area (TPSA) is 54.5 Å². The molecule has 0 fully saturated rings. The molecule has 23 heavy (non-hydrogen) atoms. The zero-order chi connectivity index (χ0) is 16.2. The van der Waals surface area contributed by atoms with E-state index in [0.717, 1.165) is 19.5 Å². The van der Waals surface area contributed by atoms with Crippen LogP contribution in [0.15, 0.2) is 29.8 Å². The Morgan fingerprint density at radius 3 is 3.22 bits per heavy atom. The molecule has 2 aromatic heterocycles. The number of amides is 1. The predicted molar refractivity (Wildman–Crippen MR) is 91.0 cm³/mol. The average Bonchev–Trinajstić information content (AvgIpc) is 3.06. The number of rotatable bonds is 5. The van der Waals surface area contributed by atoms with Crippen molar-refractivity contribution in [2.24, 2.45) is 0 Å². The van der Waals surface area contributed by atoms with Crippen LogP contribution in [0.1, 0.15) is 27.7 Å². The van der Waals surface area contributed by atoms with Crippen molar-refractivity contribution >= 4 is 17.2 Å². The van der Waals surface area contributed by atoms with E-state index < -0.39 is 0 Å². The van der Waals surface area contributed by atoms with Gasteiger partial charge in [0.2, 0.25) is 5.88 Å². The largest absolute Gasteiger partial charge is 0.480 e. The molecule has 1 aliphatic rings. The van der Waals surface area contributed by atoms with E-state index in [0.29, 0.717) is 18.0 Å². The maximum absolute atomic E-state index is 12.3. The summed E-state index contributed by atoms with van der Waals surface area (Å²) >= 11 is 1.84. The van der Waals surface area contributed by atoms with Gasteiger partial charge in [-0.1, -0.05) is 0 Å². The molecule has 0 unspecified atom stereocenters. The SMILES string of the molecule is COc1ncccc1C(=O)NC[C@@H](C)N1CCc2sccc2C1. The predicted octanol–water partition coefficient (Wildman–Crippen LogP) is 2.33. The van der Waals surface area contributed by atoms with Crippen LogP contribution in [0.5, 0.6) is 5.88 Å². The van der Waals surface area contributed by atoms with Crippen LogP contribution in [0, 0.1) is 0 Å². The smallest absolute Gasteiger partial charge is 0.256 e. The van der Waals surface area contributed by atoms with Gasteiger partial charge in [-0.05, 0) is 42.5 Å². The highest BCUT2D eigenvalue weighted by Gasteiger charge is 2.22. The summed E-state index contributed by atoms with van der Waals surface area (Å²) in [6, 6.07) is 5.96. The molecule has 3 rings (SSSR count). The molecule has 1 N–H and O–H groups in total. The fourth-order valence-electron chi connectivity index (χ4n) is 2.84. The summed E-state index contributed by atoms with van der Waals surface area (Å²) in [7, 11) is 1.52. The number of carbonyl (C=O) groups excluding carboxylic acids is 1. The normalized spacial score (nSPS) is 15.7. The Morgan fingerprint density at radius 1 is 1.52 bits per heavy atom. The maximum Gasteiger partial charge on any atom is 0.256 e. The van der Waals surface area contributed by atoms with Gasteiger partial charge < -0.3 is 10.1 Å². The molecule has 0 aromatic carbocycles. The highest BCUT2D eigenvalue weighted by atomic mass is 32.1. The summed E-state index contributed by atoms with van der Waals surface area (Å²) in [5, 5.41) is 5.15. The van der Waals surface area contributed by atoms with Crippen LogP contribution in [-0.2, 0) is 13.0 Å². The first-order chi connectivity index (χ1) is 11.2. The number of nitrogens with one attached hydrogen (secondary N) is 1. The average molecular weight is 331 g/mol. The lowest BCUT2D eigenvalue weighted by molar-refractivity contribution is 0.0929. The summed E-state index contributed by atoms with van der Waals surface area (Å²) in [6.07, 6.45) is 2.71. The number of hydrogen-bond acceptors (Lipinski definition) is 5. The molecule has 1 aliphatic heterocycles. The zero-order valence-corrected chi connectivity index (χ0v) is 14.2. The van der Waals surface area contributed by atoms with Gasteiger partial charge in [0.1, 0.15) is 5.56 Å². The lowest BCUT2D eigenvalue weighted by Crippen LogP contribution is -2.44. The molecule has 2 aromatic rings. The molecule has 122 valence electrons. The second-order valence-corrected chi connectivity index (χ2v) is 6.71. The molecular weight excluding hydrogens is 310 g/mol. The molecule has 0 saturated heterocycles. The summed E-state index contributed by atoms with van der Waals surface area (Å²) in [4.78, 5) is 20.3. The molecular formula is C17H21N3O2S. The third-order valence-corrected chi connectivity index (χ3v) is 5.25. The molecule has 0 radical (unpaired) electrons. The Hall–Kier alpha value is -1.92. The molecule has 3 heterocycles. The lowest BCUT2D eigenvalue weighted by atomic mass is 10.1. The minimum atomic E-state index is -0.143. The van der Waals surface area contributed by atoms with Crippen LogP contribution in [0.4, 0.5) is 0 Å². The zero-order valence-electron chi connectivity index (χ0n) is 13.4. The number of hydrogen-bond donors (Lipinski definition) is 1. The van der Waals surface area contributed by atoms with E-state index in [1.807, 2.05) is 11.3 Å². The highest BCUT2D eigenvalue weighted by Crippen LogP contribution is 2.25. The van der Waals surface area contributed by atoms with Crippen LogP contribution < -0.4 is 10.1 Å². The number of nitrogens with zero attached hydrogens (tertiary/aromatic N) is 2. The van der Waals surface area contributed by atoms with Gasteiger partial charge in [0.15, 0.2) is 0 Å². The monoisotopic (exact) mass is 331 g/mol. The molecule has 0 saturated carbocycles. The Bertz CT molecular complexity index is 686. The second-order valence-electron chi connectivity index (χ2n) is 5.71. The van der Waals surface area contributed by atoms with Gasteiger partial charge in [-0.2, -0.15) is 0 Å². The Labute approximate surface area is 140 Å². The van der Waals surface area contributed by atoms with E-state index in [-0.39, 0.29) is 11.9 Å². The van der Waals surface area contributed by atoms with Crippen LogP contribution in [-0.4, -0.2) is 42.0 Å². The maximum atomic E-state index is 12.3. The van der Waals surface area contributed by atoms with Crippen molar-refractivity contribution in [3.05, 3.63) is 45.8 Å². The number of aromatic nitrogens is 1. The van der Waals surface area contributed by atoms with Gasteiger partial charge in [0.25, 0.3) is 5.91 Å². The molecule has 1 atom stereocenters. The molecule has 0 spiro atoms. The first-order valence-electron chi connectivity index (χ1n) is 7.75. The summed E-state index contributed by atoms with van der Waals surface area (Å²) < 4.78 is 5.14. The van der Waals surface area contributed by atoms with E-state index >= 15 is 0 Å². The quantitative estimate of drug-likeness (QED) is 0.914. The summed E-state index contributed by atoms with van der Waals surface area (Å²) in [6.45, 7) is 4.77. The van der Waals surface area contributed by atoms with Crippen molar-refractivity contribution < 1.29 is 9.53 Å². The summed E-state index contributed by atoms with van der Waals surface area (Å²) in [5.74, 6) is 0.216. The summed E-state index contributed by atoms with van der Waals surface area (Å²) in [5.41, 5.74) is 1.90. The fourth-order valence-corrected chi connectivity index (χ4v) is 3.73. The standard InChI is InChI=1S/C17H21N3O2S/c1-12(20-8-5-15-13(11-20)6-9-23-15)10-19-16(21)14-4-3-7-18-17(14)22-2/h3-4,6-7,9,12H,5,8,10-11H2,1-2H3,(H,19,21)/t12-/m1/s1. The minimum Gasteiger partial charge on any atom is -0.480 e. The molecule has 5 nitrogen and oxygen atoms in total. The van der Waals surface area contributed by atoms with Crippen molar-refractivity contribution in [1.82, 2.24) is 15.2 Å². The number of thiophene rings is 1. The van der Waals surface area contributed by atoms with Crippen LogP contribution in [0.2, 0.25) is 0 Å². The van der Waals surface area contributed by atoms with Gasteiger partial charge in [0, 0.05) is 36.8 Å². The van der Waals surface area contributed by atoms with Gasteiger partial charge >= 0.3 is 0 Å². The highest BCUT2D eigenvalue weighted by molar-refractivity contribution is 7.10. The Balaban J connectivity index is 1.57. The van der Waals surface area contributed by atoms with Crippen LogP contribution in [0.3, 0.4) is 0 Å². The van der Waals surface area contributed by atoms with Gasteiger partial charge in [-0.15, -0.1) is 11.3 Å². The first kappa shape index (κ1) is 16.0. The van der Waals surface area contributed by atoms with Crippen molar-refractivity contribution in [1.29, 1.82) is 0 Å². The molecule has 1 amide bonds. The number of pyridine rings is 1. The Kier molecular flexibility index (Phi) is 4.93. The molecule has 0 bridgehead atoms. The number of carbonyl (C=O) groups is 1. The third-order valence-electron chi connectivity index (χ3n) is 4.23. The molecule has 6 heteroatoms. The van der Waals surface area contributed by atoms with E-state index in [2.05, 4.69) is 33.6 Å². The van der Waals surface area contributed by atoms with E-state index in [1.54, 1.807) is 18.3 Å². The van der Waals surface area contributed by atoms with E-state index in [9.17, 15) is 4.79 Å².